The Morgan fingerprint density at radius 1 is 0.824 bits per heavy atom. The van der Waals surface area contributed by atoms with Crippen LogP contribution < -0.4 is 4.90 Å². The first-order valence-electron chi connectivity index (χ1n) is 11.7. The van der Waals surface area contributed by atoms with Gasteiger partial charge in [0, 0.05) is 49.4 Å². The van der Waals surface area contributed by atoms with Crippen molar-refractivity contribution in [3.8, 4) is 22.5 Å². The van der Waals surface area contributed by atoms with Gasteiger partial charge in [0.1, 0.15) is 5.82 Å². The van der Waals surface area contributed by atoms with E-state index in [1.165, 1.54) is 0 Å². The molecule has 1 aliphatic carbocycles. The van der Waals surface area contributed by atoms with Crippen molar-refractivity contribution in [2.45, 2.75) is 18.8 Å². The highest BCUT2D eigenvalue weighted by molar-refractivity contribution is 5.95. The Balaban J connectivity index is 1.07. The number of nitrogens with zero attached hydrogens (tertiary/aromatic N) is 5. The van der Waals surface area contributed by atoms with Crippen molar-refractivity contribution in [2.75, 3.05) is 31.1 Å². The summed E-state index contributed by atoms with van der Waals surface area (Å²) in [5.41, 5.74) is 3.84. The molecule has 170 valence electrons. The maximum atomic E-state index is 13.0. The smallest absolute Gasteiger partial charge is 0.253 e. The fourth-order valence-corrected chi connectivity index (χ4v) is 4.31. The molecule has 2 aromatic heterocycles. The van der Waals surface area contributed by atoms with E-state index in [2.05, 4.69) is 32.2 Å². The molecule has 1 saturated carbocycles. The van der Waals surface area contributed by atoms with E-state index in [4.69, 9.17) is 4.52 Å². The number of benzene rings is 2. The van der Waals surface area contributed by atoms with E-state index < -0.39 is 0 Å². The highest BCUT2D eigenvalue weighted by atomic mass is 16.5. The van der Waals surface area contributed by atoms with E-state index in [0.717, 1.165) is 59.9 Å². The molecule has 4 aromatic rings. The Bertz CT molecular complexity index is 1270. The molecule has 1 amide bonds. The first-order chi connectivity index (χ1) is 16.7. The summed E-state index contributed by atoms with van der Waals surface area (Å²) in [5.74, 6) is 2.73. The lowest BCUT2D eigenvalue weighted by Crippen LogP contribution is -2.49. The Hall–Kier alpha value is -4.00. The van der Waals surface area contributed by atoms with Gasteiger partial charge in [0.15, 0.2) is 0 Å². The lowest BCUT2D eigenvalue weighted by atomic mass is 10.0. The van der Waals surface area contributed by atoms with Gasteiger partial charge in [0.2, 0.25) is 11.7 Å². The first-order valence-corrected chi connectivity index (χ1v) is 11.7. The second-order valence-corrected chi connectivity index (χ2v) is 8.86. The molecule has 0 spiro atoms. The van der Waals surface area contributed by atoms with Gasteiger partial charge in [0.25, 0.3) is 5.91 Å². The van der Waals surface area contributed by atoms with Gasteiger partial charge >= 0.3 is 0 Å². The highest BCUT2D eigenvalue weighted by Gasteiger charge is 2.30. The molecule has 7 heteroatoms. The zero-order valence-corrected chi connectivity index (χ0v) is 18.8. The fraction of sp³-hybridized carbons (Fsp3) is 0.259. The molecular formula is C27H25N5O2. The summed E-state index contributed by atoms with van der Waals surface area (Å²) in [5, 5.41) is 4.09. The van der Waals surface area contributed by atoms with Crippen LogP contribution in [0, 0.1) is 0 Å². The summed E-state index contributed by atoms with van der Waals surface area (Å²) in [6.45, 7) is 2.82. The second-order valence-electron chi connectivity index (χ2n) is 8.86. The van der Waals surface area contributed by atoms with Crippen LogP contribution in [0.15, 0.2) is 77.4 Å². The predicted molar refractivity (Wildman–Crippen MR) is 129 cm³/mol. The predicted octanol–water partition coefficient (Wildman–Crippen LogP) is 4.64. The molecule has 6 rings (SSSR count). The van der Waals surface area contributed by atoms with Crippen LogP contribution in [-0.4, -0.2) is 52.1 Å². The molecule has 0 atom stereocenters. The molecular weight excluding hydrogens is 426 g/mol. The minimum atomic E-state index is 0.0751. The van der Waals surface area contributed by atoms with Crippen molar-refractivity contribution in [3.63, 3.8) is 0 Å². The van der Waals surface area contributed by atoms with Gasteiger partial charge in [-0.3, -0.25) is 4.79 Å². The average molecular weight is 452 g/mol. The molecule has 0 bridgehead atoms. The number of pyridine rings is 1. The molecule has 1 aliphatic heterocycles. The number of carbonyl (C=O) groups is 1. The summed E-state index contributed by atoms with van der Waals surface area (Å²) in [4.78, 5) is 26.2. The third-order valence-electron chi connectivity index (χ3n) is 6.50. The van der Waals surface area contributed by atoms with E-state index >= 15 is 0 Å². The van der Waals surface area contributed by atoms with Crippen LogP contribution in [0.4, 0.5) is 5.82 Å². The standard InChI is InChI=1S/C27H25N5O2/c33-27(22-10-6-20(7-11-22)19-4-2-1-3-5-19)32-16-14-31(15-17-32)24-13-12-23(18-28-24)25-29-26(34-30-25)21-8-9-21/h1-7,10-13,18,21H,8-9,14-17H2. The number of amides is 1. The van der Waals surface area contributed by atoms with E-state index in [9.17, 15) is 4.79 Å². The van der Waals surface area contributed by atoms with Crippen molar-refractivity contribution >= 4 is 11.7 Å². The number of hydrogen-bond acceptors (Lipinski definition) is 6. The zero-order valence-electron chi connectivity index (χ0n) is 18.8. The molecule has 1 saturated heterocycles. The summed E-state index contributed by atoms with van der Waals surface area (Å²) >= 11 is 0. The van der Waals surface area contributed by atoms with Crippen LogP contribution in [-0.2, 0) is 0 Å². The third-order valence-corrected chi connectivity index (χ3v) is 6.50. The normalized spacial score (nSPS) is 16.0. The number of carbonyl (C=O) groups excluding carboxylic acids is 1. The van der Waals surface area contributed by atoms with Crippen LogP contribution in [0.5, 0.6) is 0 Å². The van der Waals surface area contributed by atoms with Gasteiger partial charge in [-0.1, -0.05) is 47.6 Å². The number of hydrogen-bond donors (Lipinski definition) is 0. The lowest BCUT2D eigenvalue weighted by Gasteiger charge is -2.35. The van der Waals surface area contributed by atoms with Gasteiger partial charge in [-0.05, 0) is 48.2 Å². The van der Waals surface area contributed by atoms with Gasteiger partial charge in [-0.15, -0.1) is 0 Å². The van der Waals surface area contributed by atoms with E-state index in [1.807, 2.05) is 59.5 Å². The third kappa shape index (κ3) is 4.17. The quantitative estimate of drug-likeness (QED) is 0.440. The first kappa shape index (κ1) is 20.6. The highest BCUT2D eigenvalue weighted by Crippen LogP contribution is 2.39. The van der Waals surface area contributed by atoms with Gasteiger partial charge in [0.05, 0.1) is 0 Å². The summed E-state index contributed by atoms with van der Waals surface area (Å²) in [6.07, 6.45) is 4.06. The molecule has 2 aliphatic rings. The minimum Gasteiger partial charge on any atom is -0.353 e. The van der Waals surface area contributed by atoms with E-state index in [0.29, 0.717) is 24.8 Å². The van der Waals surface area contributed by atoms with Crippen molar-refractivity contribution in [2.24, 2.45) is 0 Å². The number of rotatable bonds is 5. The fourth-order valence-electron chi connectivity index (χ4n) is 4.31. The Morgan fingerprint density at radius 2 is 1.53 bits per heavy atom. The Morgan fingerprint density at radius 3 is 2.21 bits per heavy atom. The molecule has 7 nitrogen and oxygen atoms in total. The van der Waals surface area contributed by atoms with Crippen LogP contribution in [0.2, 0.25) is 0 Å². The van der Waals surface area contributed by atoms with Crippen molar-refractivity contribution < 1.29 is 9.32 Å². The van der Waals surface area contributed by atoms with E-state index in [-0.39, 0.29) is 5.91 Å². The maximum Gasteiger partial charge on any atom is 0.253 e. The molecule has 3 heterocycles. The Kier molecular flexibility index (Phi) is 5.30. The molecule has 34 heavy (non-hydrogen) atoms. The van der Waals surface area contributed by atoms with Crippen molar-refractivity contribution in [1.29, 1.82) is 0 Å². The molecule has 0 N–H and O–H groups in total. The number of piperazine rings is 1. The molecule has 0 radical (unpaired) electrons. The minimum absolute atomic E-state index is 0.0751. The maximum absolute atomic E-state index is 13.0. The summed E-state index contributed by atoms with van der Waals surface area (Å²) in [7, 11) is 0. The van der Waals surface area contributed by atoms with Crippen molar-refractivity contribution in [3.05, 3.63) is 84.4 Å². The molecule has 0 unspecified atom stereocenters. The van der Waals surface area contributed by atoms with Gasteiger partial charge in [-0.25, -0.2) is 4.98 Å². The topological polar surface area (TPSA) is 75.4 Å². The van der Waals surface area contributed by atoms with Crippen molar-refractivity contribution in [1.82, 2.24) is 20.0 Å². The average Bonchev–Trinajstić information content (AvgIpc) is 3.65. The summed E-state index contributed by atoms with van der Waals surface area (Å²) < 4.78 is 5.35. The SMILES string of the molecule is O=C(c1ccc(-c2ccccc2)cc1)N1CCN(c2ccc(-c3noc(C4CC4)n3)cn2)CC1. The Labute approximate surface area is 198 Å². The lowest BCUT2D eigenvalue weighted by molar-refractivity contribution is 0.0746. The van der Waals surface area contributed by atoms with Crippen LogP contribution in [0.25, 0.3) is 22.5 Å². The van der Waals surface area contributed by atoms with Crippen LogP contribution >= 0.6 is 0 Å². The molecule has 2 aromatic carbocycles. The van der Waals surface area contributed by atoms with Crippen LogP contribution in [0.3, 0.4) is 0 Å². The second kappa shape index (κ2) is 8.74. The summed E-state index contributed by atoms with van der Waals surface area (Å²) in [6, 6.07) is 22.0. The number of aromatic nitrogens is 3. The van der Waals surface area contributed by atoms with Gasteiger partial charge in [-0.2, -0.15) is 4.98 Å². The monoisotopic (exact) mass is 451 g/mol. The van der Waals surface area contributed by atoms with E-state index in [1.54, 1.807) is 6.20 Å². The number of anilines is 1. The zero-order chi connectivity index (χ0) is 22.9. The molecule has 2 fully saturated rings. The van der Waals surface area contributed by atoms with Gasteiger partial charge < -0.3 is 14.3 Å². The largest absolute Gasteiger partial charge is 0.353 e. The van der Waals surface area contributed by atoms with Crippen LogP contribution in [0.1, 0.15) is 35.0 Å².